The Morgan fingerprint density at radius 1 is 1.45 bits per heavy atom. The molecule has 0 aliphatic carbocycles. The summed E-state index contributed by atoms with van der Waals surface area (Å²) in [6.07, 6.45) is -3.15. The van der Waals surface area contributed by atoms with Gasteiger partial charge in [-0.1, -0.05) is 23.4 Å². The first-order valence-electron chi connectivity index (χ1n) is 5.91. The fourth-order valence-electron chi connectivity index (χ4n) is 1.58. The molecule has 0 fully saturated rings. The van der Waals surface area contributed by atoms with Gasteiger partial charge in [0.05, 0.1) is 17.0 Å². The second kappa shape index (κ2) is 6.57. The van der Waals surface area contributed by atoms with Gasteiger partial charge in [0, 0.05) is 12.1 Å². The number of anilines is 1. The van der Waals surface area contributed by atoms with Crippen molar-refractivity contribution in [2.75, 3.05) is 11.1 Å². The number of aryl methyl sites for hydroxylation is 1. The average Bonchev–Trinajstić information content (AvgIpc) is 2.83. The van der Waals surface area contributed by atoms with Crippen LogP contribution < -0.4 is 5.32 Å². The summed E-state index contributed by atoms with van der Waals surface area (Å²) < 4.78 is 40.3. The second-order valence-electron chi connectivity index (χ2n) is 4.25. The smallest absolute Gasteiger partial charge is 0.325 e. The molecule has 1 heterocycles. The van der Waals surface area contributed by atoms with Crippen LogP contribution >= 0.6 is 23.4 Å². The van der Waals surface area contributed by atoms with Crippen molar-refractivity contribution >= 4 is 35.0 Å². The third-order valence-corrected chi connectivity index (χ3v) is 3.83. The van der Waals surface area contributed by atoms with Gasteiger partial charge in [-0.2, -0.15) is 13.2 Å². The molecule has 0 atom stereocenters. The fraction of sp³-hybridized carbons (Fsp3) is 0.250. The van der Waals surface area contributed by atoms with Crippen molar-refractivity contribution in [3.8, 4) is 0 Å². The summed E-state index contributed by atoms with van der Waals surface area (Å²) >= 11 is 6.64. The molecule has 0 spiro atoms. The summed E-state index contributed by atoms with van der Waals surface area (Å²) in [6, 6.07) is 3.17. The first kappa shape index (κ1) is 16.6. The van der Waals surface area contributed by atoms with Crippen LogP contribution in [0.3, 0.4) is 0 Å². The number of hydrogen-bond acceptors (Lipinski definition) is 4. The molecule has 0 bridgehead atoms. The highest BCUT2D eigenvalue weighted by atomic mass is 35.5. The minimum Gasteiger partial charge on any atom is -0.325 e. The second-order valence-corrected chi connectivity index (χ2v) is 5.63. The van der Waals surface area contributed by atoms with E-state index in [-0.39, 0.29) is 16.5 Å². The largest absolute Gasteiger partial charge is 0.418 e. The Labute approximate surface area is 132 Å². The van der Waals surface area contributed by atoms with Crippen molar-refractivity contribution in [3.63, 3.8) is 0 Å². The van der Waals surface area contributed by atoms with Crippen LogP contribution in [0.2, 0.25) is 5.02 Å². The molecule has 1 amide bonds. The highest BCUT2D eigenvalue weighted by Gasteiger charge is 2.34. The highest BCUT2D eigenvalue weighted by Crippen LogP contribution is 2.36. The van der Waals surface area contributed by atoms with Gasteiger partial charge in [-0.3, -0.25) is 4.79 Å². The lowest BCUT2D eigenvalue weighted by molar-refractivity contribution is -0.137. The number of carbonyl (C=O) groups is 1. The van der Waals surface area contributed by atoms with Crippen molar-refractivity contribution in [2.45, 2.75) is 11.3 Å². The van der Waals surface area contributed by atoms with Crippen molar-refractivity contribution < 1.29 is 18.0 Å². The van der Waals surface area contributed by atoms with Crippen molar-refractivity contribution in [3.05, 3.63) is 35.1 Å². The molecule has 1 aromatic heterocycles. The van der Waals surface area contributed by atoms with Crippen LogP contribution in [-0.2, 0) is 18.0 Å². The van der Waals surface area contributed by atoms with Gasteiger partial charge in [0.25, 0.3) is 0 Å². The van der Waals surface area contributed by atoms with Gasteiger partial charge in [-0.15, -0.1) is 10.2 Å². The summed E-state index contributed by atoms with van der Waals surface area (Å²) in [7, 11) is 1.70. The van der Waals surface area contributed by atoms with Crippen molar-refractivity contribution in [2.24, 2.45) is 7.05 Å². The number of benzene rings is 1. The third kappa shape index (κ3) is 4.14. The Balaban J connectivity index is 2.07. The summed E-state index contributed by atoms with van der Waals surface area (Å²) in [4.78, 5) is 11.8. The lowest BCUT2D eigenvalue weighted by Crippen LogP contribution is -2.18. The van der Waals surface area contributed by atoms with E-state index in [9.17, 15) is 18.0 Å². The summed E-state index contributed by atoms with van der Waals surface area (Å²) in [6.45, 7) is 0. The third-order valence-electron chi connectivity index (χ3n) is 2.56. The maximum absolute atomic E-state index is 12.9. The van der Waals surface area contributed by atoms with Gasteiger partial charge in [0.1, 0.15) is 6.33 Å². The van der Waals surface area contributed by atoms with Gasteiger partial charge < -0.3 is 9.88 Å². The van der Waals surface area contributed by atoms with E-state index in [1.54, 1.807) is 11.6 Å². The zero-order chi connectivity index (χ0) is 16.3. The number of nitrogens with one attached hydrogen (secondary N) is 1. The number of rotatable bonds is 4. The summed E-state index contributed by atoms with van der Waals surface area (Å²) in [5.41, 5.74) is -1.32. The Hall–Kier alpha value is -1.74. The number of halogens is 4. The molecule has 0 aliphatic heterocycles. The predicted octanol–water partition coefficient (Wildman–Crippen LogP) is 3.22. The van der Waals surface area contributed by atoms with E-state index in [4.69, 9.17) is 11.6 Å². The average molecular weight is 351 g/mol. The Kier molecular flexibility index (Phi) is 4.97. The Morgan fingerprint density at radius 3 is 2.77 bits per heavy atom. The lowest BCUT2D eigenvalue weighted by Gasteiger charge is -2.14. The zero-order valence-corrected chi connectivity index (χ0v) is 12.8. The van der Waals surface area contributed by atoms with E-state index in [0.717, 1.165) is 23.9 Å². The minimum absolute atomic E-state index is 0.0567. The van der Waals surface area contributed by atoms with E-state index in [1.165, 1.54) is 12.4 Å². The predicted molar refractivity (Wildman–Crippen MR) is 76.8 cm³/mol. The normalized spacial score (nSPS) is 11.5. The minimum atomic E-state index is -4.61. The van der Waals surface area contributed by atoms with Gasteiger partial charge in [-0.25, -0.2) is 0 Å². The lowest BCUT2D eigenvalue weighted by atomic mass is 10.1. The molecule has 0 saturated carbocycles. The number of thioether (sulfide) groups is 1. The molecule has 0 radical (unpaired) electrons. The first-order valence-corrected chi connectivity index (χ1v) is 7.27. The van der Waals surface area contributed by atoms with Crippen LogP contribution in [-0.4, -0.2) is 26.4 Å². The Bertz CT molecular complexity index is 689. The molecule has 2 rings (SSSR count). The van der Waals surface area contributed by atoms with E-state index in [0.29, 0.717) is 5.16 Å². The maximum atomic E-state index is 12.9. The van der Waals surface area contributed by atoms with Gasteiger partial charge >= 0.3 is 6.18 Å². The molecule has 0 aliphatic rings. The number of hydrogen-bond donors (Lipinski definition) is 1. The number of amides is 1. The molecular weight excluding hydrogens is 341 g/mol. The monoisotopic (exact) mass is 350 g/mol. The fourth-order valence-corrected chi connectivity index (χ4v) is 2.44. The van der Waals surface area contributed by atoms with Crippen LogP contribution in [0.4, 0.5) is 18.9 Å². The molecule has 2 aromatic rings. The van der Waals surface area contributed by atoms with Crippen molar-refractivity contribution in [1.82, 2.24) is 14.8 Å². The van der Waals surface area contributed by atoms with E-state index in [1.807, 2.05) is 0 Å². The van der Waals surface area contributed by atoms with E-state index < -0.39 is 17.6 Å². The zero-order valence-electron chi connectivity index (χ0n) is 11.2. The van der Waals surface area contributed by atoms with Gasteiger partial charge in [0.2, 0.25) is 5.91 Å². The van der Waals surface area contributed by atoms with Crippen LogP contribution in [0.25, 0.3) is 0 Å². The van der Waals surface area contributed by atoms with E-state index in [2.05, 4.69) is 15.5 Å². The van der Waals surface area contributed by atoms with Gasteiger partial charge in [-0.05, 0) is 18.2 Å². The van der Waals surface area contributed by atoms with Gasteiger partial charge in [0.15, 0.2) is 5.16 Å². The Morgan fingerprint density at radius 2 is 2.18 bits per heavy atom. The standard InChI is InChI=1S/C12H10ClF3N4OS/c1-20-6-17-19-11(20)22-5-10(21)18-9-3-2-7(13)4-8(9)12(14,15)16/h2-4,6H,5H2,1H3,(H,18,21). The van der Waals surface area contributed by atoms with Crippen LogP contribution in [0.15, 0.2) is 29.7 Å². The molecule has 5 nitrogen and oxygen atoms in total. The molecule has 22 heavy (non-hydrogen) atoms. The molecule has 0 unspecified atom stereocenters. The topological polar surface area (TPSA) is 59.8 Å². The number of carbonyl (C=O) groups excluding carboxylic acids is 1. The highest BCUT2D eigenvalue weighted by molar-refractivity contribution is 7.99. The summed E-state index contributed by atoms with van der Waals surface area (Å²) in [5.74, 6) is -0.673. The van der Waals surface area contributed by atoms with E-state index >= 15 is 0 Å². The van der Waals surface area contributed by atoms with Crippen LogP contribution in [0.5, 0.6) is 0 Å². The molecule has 10 heteroatoms. The summed E-state index contributed by atoms with van der Waals surface area (Å²) in [5, 5.41) is 10.1. The molecule has 118 valence electrons. The molecule has 1 N–H and O–H groups in total. The van der Waals surface area contributed by atoms with Crippen LogP contribution in [0, 0.1) is 0 Å². The SMILES string of the molecule is Cn1cnnc1SCC(=O)Nc1ccc(Cl)cc1C(F)(F)F. The number of alkyl halides is 3. The quantitative estimate of drug-likeness (QED) is 0.860. The molecular formula is C12H10ClF3N4OS. The van der Waals surface area contributed by atoms with Crippen LogP contribution in [0.1, 0.15) is 5.56 Å². The first-order chi connectivity index (χ1) is 10.3. The maximum Gasteiger partial charge on any atom is 0.418 e. The molecule has 0 saturated heterocycles. The molecule has 1 aromatic carbocycles. The number of nitrogens with zero attached hydrogens (tertiary/aromatic N) is 3. The number of aromatic nitrogens is 3. The van der Waals surface area contributed by atoms with Crippen molar-refractivity contribution in [1.29, 1.82) is 0 Å².